The van der Waals surface area contributed by atoms with Crippen molar-refractivity contribution in [2.75, 3.05) is 5.73 Å². The van der Waals surface area contributed by atoms with E-state index in [1.165, 1.54) is 6.07 Å². The van der Waals surface area contributed by atoms with Crippen molar-refractivity contribution in [2.24, 2.45) is 7.05 Å². The monoisotopic (exact) mass is 371 g/mol. The van der Waals surface area contributed by atoms with E-state index in [2.05, 4.69) is 4.98 Å². The van der Waals surface area contributed by atoms with Gasteiger partial charge in [0.05, 0.1) is 11.3 Å². The number of nitrogens with two attached hydrogens (primary N) is 1. The van der Waals surface area contributed by atoms with Crippen molar-refractivity contribution in [1.29, 1.82) is 0 Å². The van der Waals surface area contributed by atoms with Gasteiger partial charge < -0.3 is 15.0 Å². The highest BCUT2D eigenvalue weighted by atomic mass is 35.5. The maximum atomic E-state index is 13.0. The Bertz CT molecular complexity index is 987. The van der Waals surface area contributed by atoms with Crippen molar-refractivity contribution in [3.63, 3.8) is 0 Å². The zero-order chi connectivity index (χ0) is 18.8. The van der Waals surface area contributed by atoms with Crippen LogP contribution >= 0.6 is 11.6 Å². The number of ether oxygens (including phenoxy) is 1. The molecule has 0 atom stereocenters. The SMILES string of the molecule is CCCC(=O)Oc1cc(N)c(C(=O)c2cn(C)c3ccccc23)c(Cl)n1. The summed E-state index contributed by atoms with van der Waals surface area (Å²) in [7, 11) is 1.86. The fraction of sp³-hybridized carbons (Fsp3) is 0.211. The minimum atomic E-state index is -0.427. The van der Waals surface area contributed by atoms with E-state index in [4.69, 9.17) is 22.1 Å². The Morgan fingerprint density at radius 2 is 2.04 bits per heavy atom. The summed E-state index contributed by atoms with van der Waals surface area (Å²) in [5.41, 5.74) is 7.63. The van der Waals surface area contributed by atoms with Crippen molar-refractivity contribution in [1.82, 2.24) is 9.55 Å². The molecule has 0 aliphatic rings. The lowest BCUT2D eigenvalue weighted by Gasteiger charge is -2.09. The molecule has 2 N–H and O–H groups in total. The third kappa shape index (κ3) is 3.28. The van der Waals surface area contributed by atoms with Crippen LogP contribution in [-0.2, 0) is 11.8 Å². The van der Waals surface area contributed by atoms with Crippen LogP contribution in [-0.4, -0.2) is 21.3 Å². The predicted octanol–water partition coefficient (Wildman–Crippen LogP) is 3.75. The first-order chi connectivity index (χ1) is 12.4. The van der Waals surface area contributed by atoms with Crippen molar-refractivity contribution in [2.45, 2.75) is 19.8 Å². The first kappa shape index (κ1) is 17.9. The first-order valence-electron chi connectivity index (χ1n) is 8.17. The van der Waals surface area contributed by atoms with Crippen LogP contribution in [0.2, 0.25) is 5.15 Å². The molecule has 134 valence electrons. The molecule has 3 rings (SSSR count). The van der Waals surface area contributed by atoms with Gasteiger partial charge in [-0.3, -0.25) is 9.59 Å². The summed E-state index contributed by atoms with van der Waals surface area (Å²) in [4.78, 5) is 28.6. The van der Waals surface area contributed by atoms with E-state index in [1.807, 2.05) is 42.8 Å². The minimum absolute atomic E-state index is 0.0135. The molecule has 2 heterocycles. The molecule has 0 saturated carbocycles. The summed E-state index contributed by atoms with van der Waals surface area (Å²) in [6, 6.07) is 8.89. The van der Waals surface area contributed by atoms with Gasteiger partial charge in [-0.15, -0.1) is 0 Å². The molecular weight excluding hydrogens is 354 g/mol. The maximum absolute atomic E-state index is 13.0. The number of esters is 1. The van der Waals surface area contributed by atoms with Crippen LogP contribution in [0.1, 0.15) is 35.7 Å². The van der Waals surface area contributed by atoms with Gasteiger partial charge in [0.15, 0.2) is 5.78 Å². The third-order valence-electron chi connectivity index (χ3n) is 4.02. The summed E-state index contributed by atoms with van der Waals surface area (Å²) in [6.45, 7) is 1.86. The van der Waals surface area contributed by atoms with Gasteiger partial charge in [0.1, 0.15) is 5.15 Å². The number of fused-ring (bicyclic) bond motifs is 1. The molecule has 2 aromatic heterocycles. The number of hydrogen-bond donors (Lipinski definition) is 1. The number of rotatable bonds is 5. The number of pyridine rings is 1. The lowest BCUT2D eigenvalue weighted by molar-refractivity contribution is -0.134. The van der Waals surface area contributed by atoms with Crippen LogP contribution in [0.25, 0.3) is 10.9 Å². The van der Waals surface area contributed by atoms with Gasteiger partial charge in [-0.25, -0.2) is 4.98 Å². The number of anilines is 1. The number of nitrogens with zero attached hydrogens (tertiary/aromatic N) is 2. The number of hydrogen-bond acceptors (Lipinski definition) is 5. The number of ketones is 1. The molecule has 1 aromatic carbocycles. The van der Waals surface area contributed by atoms with E-state index < -0.39 is 5.97 Å². The molecule has 7 heteroatoms. The second-order valence-electron chi connectivity index (χ2n) is 5.94. The van der Waals surface area contributed by atoms with Crippen LogP contribution in [0.4, 0.5) is 5.69 Å². The molecule has 0 unspecified atom stereocenters. The van der Waals surface area contributed by atoms with Gasteiger partial charge in [0.25, 0.3) is 0 Å². The van der Waals surface area contributed by atoms with Gasteiger partial charge in [0.2, 0.25) is 5.88 Å². The number of nitrogen functional groups attached to an aromatic ring is 1. The van der Waals surface area contributed by atoms with Crippen LogP contribution in [0.3, 0.4) is 0 Å². The molecule has 0 fully saturated rings. The topological polar surface area (TPSA) is 87.2 Å². The highest BCUT2D eigenvalue weighted by Crippen LogP contribution is 2.30. The van der Waals surface area contributed by atoms with Crippen LogP contribution < -0.4 is 10.5 Å². The first-order valence-corrected chi connectivity index (χ1v) is 8.55. The van der Waals surface area contributed by atoms with E-state index in [0.29, 0.717) is 12.0 Å². The average molecular weight is 372 g/mol. The van der Waals surface area contributed by atoms with Gasteiger partial charge in [0, 0.05) is 42.2 Å². The zero-order valence-corrected chi connectivity index (χ0v) is 15.2. The Kier molecular flexibility index (Phi) is 4.95. The lowest BCUT2D eigenvalue weighted by Crippen LogP contribution is -2.11. The predicted molar refractivity (Wildman–Crippen MR) is 101 cm³/mol. The number of aryl methyl sites for hydroxylation is 1. The fourth-order valence-electron chi connectivity index (χ4n) is 2.82. The van der Waals surface area contributed by atoms with Crippen molar-refractivity contribution < 1.29 is 14.3 Å². The molecule has 0 amide bonds. The van der Waals surface area contributed by atoms with Crippen LogP contribution in [0.15, 0.2) is 36.5 Å². The van der Waals surface area contributed by atoms with Gasteiger partial charge >= 0.3 is 5.97 Å². The Labute approximate surface area is 155 Å². The Hall–Kier alpha value is -2.86. The number of carbonyl (C=O) groups is 2. The Morgan fingerprint density at radius 3 is 2.73 bits per heavy atom. The lowest BCUT2D eigenvalue weighted by atomic mass is 10.0. The Morgan fingerprint density at radius 1 is 1.31 bits per heavy atom. The average Bonchev–Trinajstić information content (AvgIpc) is 2.92. The smallest absolute Gasteiger partial charge is 0.312 e. The second kappa shape index (κ2) is 7.17. The molecule has 6 nitrogen and oxygen atoms in total. The van der Waals surface area contributed by atoms with Gasteiger partial charge in [-0.05, 0) is 12.5 Å². The number of halogens is 1. The summed E-state index contributed by atoms with van der Waals surface area (Å²) in [6.07, 6.45) is 2.65. The van der Waals surface area contributed by atoms with Gasteiger partial charge in [-0.1, -0.05) is 36.7 Å². The van der Waals surface area contributed by atoms with E-state index in [-0.39, 0.29) is 34.5 Å². The third-order valence-corrected chi connectivity index (χ3v) is 4.30. The second-order valence-corrected chi connectivity index (χ2v) is 6.30. The van der Waals surface area contributed by atoms with Crippen LogP contribution in [0, 0.1) is 0 Å². The summed E-state index contributed by atoms with van der Waals surface area (Å²) >= 11 is 6.19. The molecule has 0 spiro atoms. The number of para-hydroxylation sites is 1. The normalized spacial score (nSPS) is 10.9. The minimum Gasteiger partial charge on any atom is -0.407 e. The van der Waals surface area contributed by atoms with E-state index in [9.17, 15) is 9.59 Å². The molecule has 0 radical (unpaired) electrons. The fourth-order valence-corrected chi connectivity index (χ4v) is 3.09. The van der Waals surface area contributed by atoms with Crippen LogP contribution in [0.5, 0.6) is 5.88 Å². The summed E-state index contributed by atoms with van der Waals surface area (Å²) in [5.74, 6) is -0.771. The summed E-state index contributed by atoms with van der Waals surface area (Å²) in [5, 5.41) is 0.705. The zero-order valence-electron chi connectivity index (χ0n) is 14.5. The van der Waals surface area contributed by atoms with Gasteiger partial charge in [-0.2, -0.15) is 0 Å². The molecular formula is C19H18ClN3O3. The van der Waals surface area contributed by atoms with Crippen molar-refractivity contribution >= 4 is 39.9 Å². The molecule has 3 aromatic rings. The van der Waals surface area contributed by atoms with Crippen molar-refractivity contribution in [3.05, 3.63) is 52.8 Å². The molecule has 26 heavy (non-hydrogen) atoms. The molecule has 0 aliphatic heterocycles. The largest absolute Gasteiger partial charge is 0.407 e. The van der Waals surface area contributed by atoms with Crippen molar-refractivity contribution in [3.8, 4) is 5.88 Å². The maximum Gasteiger partial charge on any atom is 0.312 e. The molecule has 0 bridgehead atoms. The van der Waals surface area contributed by atoms with E-state index >= 15 is 0 Å². The highest BCUT2D eigenvalue weighted by molar-refractivity contribution is 6.35. The number of aromatic nitrogens is 2. The van der Waals surface area contributed by atoms with E-state index in [1.54, 1.807) is 6.20 Å². The number of carbonyl (C=O) groups excluding carboxylic acids is 2. The quantitative estimate of drug-likeness (QED) is 0.419. The summed E-state index contributed by atoms with van der Waals surface area (Å²) < 4.78 is 6.96. The number of benzene rings is 1. The molecule has 0 saturated heterocycles. The standard InChI is InChI=1S/C19H18ClN3O3/c1-3-6-16(24)26-15-9-13(21)17(19(20)22-15)18(25)12-10-23(2)14-8-5-4-7-11(12)14/h4-5,7-10H,3,6H2,1-2H3,(H2,21,22). The Balaban J connectivity index is 2.01. The molecule has 0 aliphatic carbocycles. The highest BCUT2D eigenvalue weighted by Gasteiger charge is 2.23. The van der Waals surface area contributed by atoms with E-state index in [0.717, 1.165) is 10.9 Å².